The van der Waals surface area contributed by atoms with Crippen LogP contribution in [0.2, 0.25) is 0 Å². The molecule has 12 N–H and O–H groups in total. The maximum absolute atomic E-state index is 11.9. The van der Waals surface area contributed by atoms with Crippen molar-refractivity contribution in [1.29, 1.82) is 0 Å². The van der Waals surface area contributed by atoms with Crippen molar-refractivity contribution in [3.8, 4) is 0 Å². The number of amides is 10. The molecule has 5 rings (SSSR count). The standard InChI is InChI=1S/2C13H22N2O4.2C11H20N2O3.C11H18N2O3/c2*1-4-11(13(14)18)15-7-10(6-12(15)17)5-8(2)19-9(3)16;3*1-3-9(11(12)16)13-6-8(4-7(2)14)5-10(13)15/h2*8,10-11H,4-7H2,1-3H3,(H2,14,18);2*7-9,14H,3-6H2,1-2H3,(H2,12,16);8-9H,3-6H2,1-2H3,(H2,12,16)/t2*8?,10-,11+;2*7?,8-,9+;8-,9+/m11111/s1. The number of hydrogen-bond donors (Lipinski definition) is 7. The van der Waals surface area contributed by atoms with Crippen molar-refractivity contribution < 1.29 is 82.0 Å². The molecule has 86 heavy (non-hydrogen) atoms. The van der Waals surface area contributed by atoms with Gasteiger partial charge >= 0.3 is 11.9 Å². The molecule has 27 nitrogen and oxygen atoms in total. The van der Waals surface area contributed by atoms with Gasteiger partial charge in [-0.25, -0.2) is 0 Å². The third-order valence-electron chi connectivity index (χ3n) is 15.6. The van der Waals surface area contributed by atoms with Gasteiger partial charge in [-0.05, 0) is 122 Å². The molecule has 5 fully saturated rings. The molecule has 0 saturated carbocycles. The number of hydrogen-bond acceptors (Lipinski definition) is 17. The molecule has 4 unspecified atom stereocenters. The van der Waals surface area contributed by atoms with Crippen molar-refractivity contribution in [2.24, 2.45) is 58.3 Å². The van der Waals surface area contributed by atoms with Gasteiger partial charge in [0.1, 0.15) is 36.0 Å². The van der Waals surface area contributed by atoms with Crippen LogP contribution in [0.1, 0.15) is 179 Å². The Kier molecular flexibility index (Phi) is 33.9. The highest BCUT2D eigenvalue weighted by atomic mass is 16.5. The molecule has 5 aliphatic heterocycles. The van der Waals surface area contributed by atoms with Gasteiger partial charge in [0.05, 0.1) is 24.4 Å². The molecule has 5 aliphatic rings. The number of aliphatic hydroxyl groups excluding tert-OH is 2. The lowest BCUT2D eigenvalue weighted by molar-refractivity contribution is -0.147. The minimum Gasteiger partial charge on any atom is -0.463 e. The zero-order valence-corrected chi connectivity index (χ0v) is 52.9. The fourth-order valence-electron chi connectivity index (χ4n) is 12.2. The van der Waals surface area contributed by atoms with Crippen molar-refractivity contribution in [1.82, 2.24) is 24.5 Å². The third-order valence-corrected chi connectivity index (χ3v) is 15.6. The Labute approximate surface area is 506 Å². The Morgan fingerprint density at radius 2 is 0.593 bits per heavy atom. The van der Waals surface area contributed by atoms with E-state index in [4.69, 9.17) is 38.1 Å². The number of likely N-dealkylation sites (tertiary alicyclic amines) is 5. The van der Waals surface area contributed by atoms with Crippen LogP contribution in [0.5, 0.6) is 0 Å². The smallest absolute Gasteiger partial charge is 0.302 e. The average Bonchev–Trinajstić information content (AvgIpc) is 3.98. The first-order valence-electron chi connectivity index (χ1n) is 30.2. The summed E-state index contributed by atoms with van der Waals surface area (Å²) in [7, 11) is 0. The second-order valence-electron chi connectivity index (χ2n) is 23.6. The van der Waals surface area contributed by atoms with E-state index in [1.165, 1.54) is 25.7 Å². The molecule has 0 aromatic rings. The Hall–Kier alpha value is -6.77. The minimum atomic E-state index is -0.526. The van der Waals surface area contributed by atoms with Gasteiger partial charge in [-0.2, -0.15) is 0 Å². The number of aliphatic hydroxyl groups is 2. The third kappa shape index (κ3) is 26.1. The number of nitrogens with zero attached hydrogens (tertiary/aromatic N) is 5. The van der Waals surface area contributed by atoms with Crippen LogP contribution in [0.3, 0.4) is 0 Å². The number of nitrogens with two attached hydrogens (primary N) is 5. The van der Waals surface area contributed by atoms with Crippen molar-refractivity contribution in [2.75, 3.05) is 32.7 Å². The van der Waals surface area contributed by atoms with Crippen LogP contribution in [-0.2, 0) is 71.8 Å². The van der Waals surface area contributed by atoms with Gasteiger partial charge in [0, 0.05) is 85.1 Å². The van der Waals surface area contributed by atoms with E-state index in [0.29, 0.717) is 129 Å². The summed E-state index contributed by atoms with van der Waals surface area (Å²) in [6.45, 7) is 23.0. The topological polar surface area (TPSA) is 427 Å². The average molecular weight is 1220 g/mol. The highest BCUT2D eigenvalue weighted by molar-refractivity contribution is 5.91. The molecule has 0 radical (unpaired) electrons. The largest absolute Gasteiger partial charge is 0.463 e. The molecule has 0 aromatic heterocycles. The van der Waals surface area contributed by atoms with Crippen molar-refractivity contribution in [3.05, 3.63) is 0 Å². The molecular formula is C59H102N10O17. The molecule has 490 valence electrons. The Balaban J connectivity index is 0.000000539. The van der Waals surface area contributed by atoms with E-state index >= 15 is 0 Å². The van der Waals surface area contributed by atoms with E-state index in [2.05, 4.69) is 0 Å². The van der Waals surface area contributed by atoms with Crippen LogP contribution in [0, 0.1) is 29.6 Å². The fraction of sp³-hybridized carbons (Fsp3) is 0.780. The molecule has 5 heterocycles. The quantitative estimate of drug-likeness (QED) is 0.0557. The first-order valence-corrected chi connectivity index (χ1v) is 30.2. The zero-order chi connectivity index (χ0) is 66.0. The molecular weight excluding hydrogens is 1120 g/mol. The summed E-state index contributed by atoms with van der Waals surface area (Å²) in [6.07, 6.45) is 6.17. The van der Waals surface area contributed by atoms with Gasteiger partial charge in [0.25, 0.3) is 0 Å². The second kappa shape index (κ2) is 37.7. The summed E-state index contributed by atoms with van der Waals surface area (Å²) in [6, 6.07) is -2.56. The number of primary amides is 5. The number of rotatable bonds is 27. The molecule has 5 saturated heterocycles. The van der Waals surface area contributed by atoms with Crippen molar-refractivity contribution >= 4 is 76.8 Å². The van der Waals surface area contributed by atoms with Gasteiger partial charge in [-0.3, -0.25) is 57.5 Å². The lowest BCUT2D eigenvalue weighted by Gasteiger charge is -2.24. The number of esters is 2. The van der Waals surface area contributed by atoms with Crippen molar-refractivity contribution in [3.63, 3.8) is 0 Å². The lowest BCUT2D eigenvalue weighted by Crippen LogP contribution is -2.45. The van der Waals surface area contributed by atoms with Crippen LogP contribution < -0.4 is 28.7 Å². The number of carbonyl (C=O) groups excluding carboxylic acids is 13. The van der Waals surface area contributed by atoms with Crippen molar-refractivity contribution in [2.45, 2.75) is 234 Å². The molecule has 14 atom stereocenters. The normalized spacial score (nSPS) is 23.1. The molecule has 0 aromatic carbocycles. The van der Waals surface area contributed by atoms with Crippen LogP contribution >= 0.6 is 0 Å². The van der Waals surface area contributed by atoms with E-state index in [1.807, 2.05) is 34.6 Å². The number of Topliss-reactive ketones (excluding diaryl/α,β-unsaturated/α-hetero) is 1. The summed E-state index contributed by atoms with van der Waals surface area (Å²) in [4.78, 5) is 155. The molecule has 0 spiro atoms. The van der Waals surface area contributed by atoms with Gasteiger partial charge in [0.15, 0.2) is 0 Å². The maximum Gasteiger partial charge on any atom is 0.302 e. The molecule has 10 amide bonds. The zero-order valence-electron chi connectivity index (χ0n) is 52.9. The van der Waals surface area contributed by atoms with Crippen LogP contribution in [0.4, 0.5) is 0 Å². The predicted molar refractivity (Wildman–Crippen MR) is 315 cm³/mol. The minimum absolute atomic E-state index is 0.0312. The highest BCUT2D eigenvalue weighted by Crippen LogP contribution is 2.30. The fourth-order valence-corrected chi connectivity index (χ4v) is 12.2. The number of ether oxygens (including phenoxy) is 2. The molecule has 0 aliphatic carbocycles. The number of carbonyl (C=O) groups is 13. The maximum atomic E-state index is 11.9. The molecule has 27 heteroatoms. The van der Waals surface area contributed by atoms with E-state index in [0.717, 1.165) is 0 Å². The highest BCUT2D eigenvalue weighted by Gasteiger charge is 2.41. The van der Waals surface area contributed by atoms with Gasteiger partial charge in [0.2, 0.25) is 59.1 Å². The summed E-state index contributed by atoms with van der Waals surface area (Å²) in [5.74, 6) is -2.58. The monoisotopic (exact) mass is 1220 g/mol. The van der Waals surface area contributed by atoms with Crippen LogP contribution in [0.25, 0.3) is 0 Å². The SMILES string of the molecule is CC[C@@H](C(N)=O)N1C[C@H](CC(C)=O)CC1=O.CC[C@@H](C(N)=O)N1C[C@H](CC(C)O)CC1=O.CC[C@@H](C(N)=O)N1C[C@H](CC(C)O)CC1=O.CC[C@@H](C(N)=O)N1C[C@H](CC(C)OC(C)=O)CC1=O.CC[C@@H](C(N)=O)N1C[C@H](CC(C)OC(C)=O)CC1=O. The molecule has 0 bridgehead atoms. The van der Waals surface area contributed by atoms with E-state index in [9.17, 15) is 72.5 Å². The van der Waals surface area contributed by atoms with E-state index in [-0.39, 0.29) is 89.1 Å². The first-order chi connectivity index (χ1) is 40.0. The van der Waals surface area contributed by atoms with Crippen LogP contribution in [0.15, 0.2) is 0 Å². The summed E-state index contributed by atoms with van der Waals surface area (Å²) in [5.41, 5.74) is 26.3. The van der Waals surface area contributed by atoms with Crippen LogP contribution in [-0.4, -0.2) is 199 Å². The number of ketones is 1. The second-order valence-corrected chi connectivity index (χ2v) is 23.6. The van der Waals surface area contributed by atoms with Gasteiger partial charge < -0.3 is 77.6 Å². The summed E-state index contributed by atoms with van der Waals surface area (Å²) < 4.78 is 10.1. The van der Waals surface area contributed by atoms with E-state index < -0.39 is 72.0 Å². The summed E-state index contributed by atoms with van der Waals surface area (Å²) in [5, 5.41) is 18.5. The summed E-state index contributed by atoms with van der Waals surface area (Å²) >= 11 is 0. The first kappa shape index (κ1) is 77.2. The van der Waals surface area contributed by atoms with Gasteiger partial charge in [-0.1, -0.05) is 34.6 Å². The Bertz CT molecular complexity index is 2210. The lowest BCUT2D eigenvalue weighted by atomic mass is 10.0. The predicted octanol–water partition coefficient (Wildman–Crippen LogP) is 0.698. The van der Waals surface area contributed by atoms with E-state index in [1.54, 1.807) is 47.3 Å². The van der Waals surface area contributed by atoms with Gasteiger partial charge in [-0.15, -0.1) is 0 Å². The Morgan fingerprint density at radius 3 is 0.767 bits per heavy atom. The Morgan fingerprint density at radius 1 is 0.395 bits per heavy atom.